The van der Waals surface area contributed by atoms with Crippen LogP contribution < -0.4 is 5.32 Å². The number of nitro groups is 1. The molecule has 0 saturated heterocycles. The zero-order valence-electron chi connectivity index (χ0n) is 12.9. The third-order valence-corrected chi connectivity index (χ3v) is 3.18. The van der Waals surface area contributed by atoms with Crippen molar-refractivity contribution in [1.29, 1.82) is 0 Å². The van der Waals surface area contributed by atoms with Crippen molar-refractivity contribution in [3.8, 4) is 0 Å². The molecule has 1 unspecified atom stereocenters. The maximum atomic E-state index is 12.8. The number of benzene rings is 1. The van der Waals surface area contributed by atoms with Crippen molar-refractivity contribution in [2.75, 3.05) is 5.32 Å². The van der Waals surface area contributed by atoms with Crippen molar-refractivity contribution in [2.45, 2.75) is 13.0 Å². The Labute approximate surface area is 136 Å². The molecule has 2 rings (SSSR count). The number of rotatable bonds is 5. The van der Waals surface area contributed by atoms with Gasteiger partial charge in [-0.25, -0.2) is 9.18 Å². The lowest BCUT2D eigenvalue weighted by Gasteiger charge is -2.13. The fourth-order valence-corrected chi connectivity index (χ4v) is 1.90. The molecule has 0 radical (unpaired) electrons. The summed E-state index contributed by atoms with van der Waals surface area (Å²) in [6.07, 6.45) is 0.0244. The fraction of sp³-hybridized carbons (Fsp3) is 0.200. The van der Waals surface area contributed by atoms with Gasteiger partial charge in [0.15, 0.2) is 6.10 Å². The van der Waals surface area contributed by atoms with Crippen LogP contribution in [0.25, 0.3) is 0 Å². The fourth-order valence-electron chi connectivity index (χ4n) is 1.90. The van der Waals surface area contributed by atoms with Crippen molar-refractivity contribution in [3.63, 3.8) is 0 Å². The molecule has 0 spiro atoms. The zero-order chi connectivity index (χ0) is 17.9. The van der Waals surface area contributed by atoms with Gasteiger partial charge in [0.1, 0.15) is 11.5 Å². The van der Waals surface area contributed by atoms with Gasteiger partial charge in [0.2, 0.25) is 0 Å². The maximum Gasteiger partial charge on any atom is 0.355 e. The number of amides is 1. The number of anilines is 1. The van der Waals surface area contributed by atoms with Crippen molar-refractivity contribution >= 4 is 23.3 Å². The molecule has 2 aromatic rings. The van der Waals surface area contributed by atoms with Gasteiger partial charge in [0.05, 0.1) is 11.1 Å². The highest BCUT2D eigenvalue weighted by Crippen LogP contribution is 2.17. The lowest BCUT2D eigenvalue weighted by atomic mass is 10.3. The molecule has 0 aliphatic carbocycles. The normalized spacial score (nSPS) is 11.6. The number of esters is 1. The quantitative estimate of drug-likeness (QED) is 0.513. The van der Waals surface area contributed by atoms with Gasteiger partial charge in [-0.1, -0.05) is 0 Å². The number of hydrogen-bond donors (Lipinski definition) is 1. The monoisotopic (exact) mass is 335 g/mol. The Bertz CT molecular complexity index is 785. The van der Waals surface area contributed by atoms with Crippen LogP contribution in [0.4, 0.5) is 15.8 Å². The summed E-state index contributed by atoms with van der Waals surface area (Å²) in [6, 6.07) is 6.14. The second kappa shape index (κ2) is 6.90. The smallest absolute Gasteiger partial charge is 0.355 e. The lowest BCUT2D eigenvalue weighted by molar-refractivity contribution is -0.384. The summed E-state index contributed by atoms with van der Waals surface area (Å²) in [5.41, 5.74) is 0.0369. The van der Waals surface area contributed by atoms with Gasteiger partial charge in [-0.15, -0.1) is 0 Å². The number of nitrogens with one attached hydrogen (secondary N) is 1. The minimum absolute atomic E-state index is 0.0527. The SMILES string of the molecule is CC(OC(=O)c1cc([N+](=O)[O-])cn1C)C(=O)Nc1ccc(F)cc1. The molecule has 1 aromatic carbocycles. The third-order valence-electron chi connectivity index (χ3n) is 3.18. The van der Waals surface area contributed by atoms with Crippen LogP contribution in [0.1, 0.15) is 17.4 Å². The van der Waals surface area contributed by atoms with Gasteiger partial charge >= 0.3 is 5.97 Å². The lowest BCUT2D eigenvalue weighted by Crippen LogP contribution is -2.30. The molecule has 1 atom stereocenters. The summed E-state index contributed by atoms with van der Waals surface area (Å²) < 4.78 is 19.0. The second-order valence-corrected chi connectivity index (χ2v) is 5.00. The number of carbonyl (C=O) groups excluding carboxylic acids is 2. The molecule has 0 aliphatic rings. The standard InChI is InChI=1S/C15H14FN3O5/c1-9(14(20)17-11-5-3-10(16)4-6-11)24-15(21)13-7-12(19(22)23)8-18(13)2/h3-9H,1-2H3,(H,17,20). The molecular formula is C15H14FN3O5. The molecule has 1 amide bonds. The minimum atomic E-state index is -1.14. The highest BCUT2D eigenvalue weighted by Gasteiger charge is 2.23. The summed E-state index contributed by atoms with van der Waals surface area (Å²) in [6.45, 7) is 1.36. The zero-order valence-corrected chi connectivity index (χ0v) is 12.9. The molecule has 0 aliphatic heterocycles. The highest BCUT2D eigenvalue weighted by atomic mass is 19.1. The Kier molecular flexibility index (Phi) is 4.93. The van der Waals surface area contributed by atoms with E-state index in [4.69, 9.17) is 4.74 Å². The van der Waals surface area contributed by atoms with Crippen molar-refractivity contribution in [2.24, 2.45) is 7.05 Å². The molecule has 126 valence electrons. The predicted molar refractivity (Wildman–Crippen MR) is 82.0 cm³/mol. The van der Waals surface area contributed by atoms with Gasteiger partial charge in [0, 0.05) is 18.8 Å². The highest BCUT2D eigenvalue weighted by molar-refractivity contribution is 5.97. The first kappa shape index (κ1) is 17.1. The van der Waals surface area contributed by atoms with Crippen LogP contribution in [0.2, 0.25) is 0 Å². The Morgan fingerprint density at radius 3 is 2.50 bits per heavy atom. The molecule has 0 bridgehead atoms. The van der Waals surface area contributed by atoms with E-state index in [9.17, 15) is 24.1 Å². The third kappa shape index (κ3) is 3.94. The Balaban J connectivity index is 2.01. The topological polar surface area (TPSA) is 103 Å². The first-order valence-corrected chi connectivity index (χ1v) is 6.86. The van der Waals surface area contributed by atoms with Gasteiger partial charge in [-0.2, -0.15) is 0 Å². The molecule has 24 heavy (non-hydrogen) atoms. The van der Waals surface area contributed by atoms with E-state index >= 15 is 0 Å². The summed E-state index contributed by atoms with van der Waals surface area (Å²) in [4.78, 5) is 34.0. The van der Waals surface area contributed by atoms with Gasteiger partial charge in [0.25, 0.3) is 11.6 Å². The van der Waals surface area contributed by atoms with E-state index in [1.807, 2.05) is 0 Å². The maximum absolute atomic E-state index is 12.8. The Hall–Kier alpha value is -3.23. The molecule has 9 heteroatoms. The molecular weight excluding hydrogens is 321 g/mol. The number of aromatic nitrogens is 1. The van der Waals surface area contributed by atoms with Gasteiger partial charge in [-0.05, 0) is 31.2 Å². The number of carbonyl (C=O) groups is 2. The van der Waals surface area contributed by atoms with E-state index in [0.717, 1.165) is 6.07 Å². The van der Waals surface area contributed by atoms with Crippen LogP contribution in [0.5, 0.6) is 0 Å². The number of nitrogens with zero attached hydrogens (tertiary/aromatic N) is 2. The first-order valence-electron chi connectivity index (χ1n) is 6.86. The van der Waals surface area contributed by atoms with Crippen LogP contribution in [-0.2, 0) is 16.6 Å². The summed E-state index contributed by atoms with van der Waals surface area (Å²) in [5, 5.41) is 13.2. The van der Waals surface area contributed by atoms with E-state index < -0.39 is 28.7 Å². The largest absolute Gasteiger partial charge is 0.448 e. The predicted octanol–water partition coefficient (Wildman–Crippen LogP) is 2.26. The van der Waals surface area contributed by atoms with Crippen LogP contribution in [0.3, 0.4) is 0 Å². The molecule has 0 fully saturated rings. The average Bonchev–Trinajstić information content (AvgIpc) is 2.91. The van der Waals surface area contributed by atoms with Crippen LogP contribution in [-0.4, -0.2) is 27.5 Å². The minimum Gasteiger partial charge on any atom is -0.448 e. The van der Waals surface area contributed by atoms with E-state index in [1.165, 1.54) is 49.0 Å². The molecule has 8 nitrogen and oxygen atoms in total. The van der Waals surface area contributed by atoms with E-state index in [-0.39, 0.29) is 11.4 Å². The second-order valence-electron chi connectivity index (χ2n) is 5.00. The van der Waals surface area contributed by atoms with Gasteiger partial charge < -0.3 is 14.6 Å². The van der Waals surface area contributed by atoms with Crippen molar-refractivity contribution in [3.05, 3.63) is 58.2 Å². The van der Waals surface area contributed by atoms with Gasteiger partial charge in [-0.3, -0.25) is 14.9 Å². The molecule has 1 heterocycles. The average molecular weight is 335 g/mol. The first-order chi connectivity index (χ1) is 11.3. The molecule has 0 saturated carbocycles. The number of aryl methyl sites for hydroxylation is 1. The Morgan fingerprint density at radius 1 is 1.33 bits per heavy atom. The van der Waals surface area contributed by atoms with Crippen LogP contribution in [0.15, 0.2) is 36.5 Å². The van der Waals surface area contributed by atoms with Crippen LogP contribution >= 0.6 is 0 Å². The number of ether oxygens (including phenoxy) is 1. The number of halogens is 1. The number of hydrogen-bond acceptors (Lipinski definition) is 5. The summed E-state index contributed by atoms with van der Waals surface area (Å²) in [5.74, 6) is -1.93. The van der Waals surface area contributed by atoms with E-state index in [0.29, 0.717) is 5.69 Å². The van der Waals surface area contributed by atoms with E-state index in [2.05, 4.69) is 5.32 Å². The molecule has 1 N–H and O–H groups in total. The van der Waals surface area contributed by atoms with Crippen molar-refractivity contribution < 1.29 is 23.6 Å². The Morgan fingerprint density at radius 2 is 1.96 bits per heavy atom. The van der Waals surface area contributed by atoms with E-state index in [1.54, 1.807) is 0 Å². The van der Waals surface area contributed by atoms with Crippen LogP contribution in [0, 0.1) is 15.9 Å². The molecule has 1 aromatic heterocycles. The van der Waals surface area contributed by atoms with Crippen molar-refractivity contribution in [1.82, 2.24) is 4.57 Å². The summed E-state index contributed by atoms with van der Waals surface area (Å²) in [7, 11) is 1.45. The summed E-state index contributed by atoms with van der Waals surface area (Å²) >= 11 is 0.